The molecule has 5 amide bonds. The highest BCUT2D eigenvalue weighted by molar-refractivity contribution is 6.08. The third-order valence-corrected chi connectivity index (χ3v) is 5.24. The van der Waals surface area contributed by atoms with Crippen LogP contribution in [0, 0.1) is 0 Å². The number of aliphatic carboxylic acids is 1. The second kappa shape index (κ2) is 9.45. The van der Waals surface area contributed by atoms with E-state index in [-0.39, 0.29) is 12.3 Å². The van der Waals surface area contributed by atoms with Crippen LogP contribution in [0.25, 0.3) is 0 Å². The first kappa shape index (κ1) is 22.7. The molecule has 12 nitrogen and oxygen atoms in total. The molecule has 170 valence electrons. The minimum absolute atomic E-state index is 0.240. The number of primary amides is 1. The zero-order chi connectivity index (χ0) is 23.4. The number of anilines is 1. The van der Waals surface area contributed by atoms with Gasteiger partial charge in [0.25, 0.3) is 0 Å². The van der Waals surface area contributed by atoms with E-state index in [9.17, 15) is 24.0 Å². The maximum absolute atomic E-state index is 13.3. The lowest BCUT2D eigenvalue weighted by Gasteiger charge is -2.28. The van der Waals surface area contributed by atoms with Gasteiger partial charge in [0.2, 0.25) is 17.7 Å². The summed E-state index contributed by atoms with van der Waals surface area (Å²) in [6, 6.07) is 1.86. The number of nitrogens with zero attached hydrogens (tertiary/aromatic N) is 2. The number of nitrogens with one attached hydrogen (secondary N) is 3. The maximum Gasteiger partial charge on any atom is 0.332 e. The van der Waals surface area contributed by atoms with Crippen LogP contribution in [0.1, 0.15) is 30.9 Å². The second-order valence-corrected chi connectivity index (χ2v) is 7.61. The number of hydrogen-bond donors (Lipinski definition) is 5. The lowest BCUT2D eigenvalue weighted by Crippen LogP contribution is -2.55. The van der Waals surface area contributed by atoms with E-state index in [0.717, 1.165) is 17.3 Å². The number of hydrazone groups is 1. The zero-order valence-corrected chi connectivity index (χ0v) is 17.3. The van der Waals surface area contributed by atoms with Gasteiger partial charge in [0.05, 0.1) is 18.2 Å². The van der Waals surface area contributed by atoms with Crippen molar-refractivity contribution in [3.8, 4) is 0 Å². The van der Waals surface area contributed by atoms with Gasteiger partial charge in [-0.1, -0.05) is 18.2 Å². The Morgan fingerprint density at radius 1 is 1.31 bits per heavy atom. The van der Waals surface area contributed by atoms with Crippen LogP contribution in [0.5, 0.6) is 0 Å². The molecule has 6 N–H and O–H groups in total. The molecule has 2 aliphatic heterocycles. The summed E-state index contributed by atoms with van der Waals surface area (Å²) in [6.45, 7) is 1.32. The molecule has 2 aliphatic rings. The minimum Gasteiger partial charge on any atom is -0.481 e. The highest BCUT2D eigenvalue weighted by Gasteiger charge is 2.44. The van der Waals surface area contributed by atoms with Gasteiger partial charge < -0.3 is 21.5 Å². The Labute approximate surface area is 183 Å². The van der Waals surface area contributed by atoms with Gasteiger partial charge in [0.1, 0.15) is 12.1 Å². The number of para-hydroxylation sites is 1. The second-order valence-electron chi connectivity index (χ2n) is 7.61. The first-order valence-corrected chi connectivity index (χ1v) is 9.99. The number of benzene rings is 1. The number of rotatable bonds is 7. The summed E-state index contributed by atoms with van der Waals surface area (Å²) in [5.74, 6) is -2.53. The molecule has 0 saturated heterocycles. The SMILES string of the molecule is CC(=O)N[C@H]1CCc2cccc3c2N(C1=O)[C@H](C(=O)N[C@H](/C=N/NC(N)=O)CC(=O)O)C3. The molecule has 12 heteroatoms. The maximum atomic E-state index is 13.3. The first-order valence-electron chi connectivity index (χ1n) is 9.99. The molecule has 0 unspecified atom stereocenters. The largest absolute Gasteiger partial charge is 0.481 e. The van der Waals surface area contributed by atoms with Gasteiger partial charge in [-0.25, -0.2) is 10.2 Å². The van der Waals surface area contributed by atoms with Crippen molar-refractivity contribution in [3.05, 3.63) is 29.3 Å². The van der Waals surface area contributed by atoms with E-state index in [4.69, 9.17) is 10.8 Å². The fourth-order valence-electron chi connectivity index (χ4n) is 4.02. The molecule has 0 aliphatic carbocycles. The Morgan fingerprint density at radius 3 is 2.69 bits per heavy atom. The Hall–Kier alpha value is -3.96. The average molecular weight is 444 g/mol. The fraction of sp³-hybridized carbons (Fsp3) is 0.400. The summed E-state index contributed by atoms with van der Waals surface area (Å²) in [7, 11) is 0. The first-order chi connectivity index (χ1) is 15.2. The number of hydrogen-bond acceptors (Lipinski definition) is 6. The quantitative estimate of drug-likeness (QED) is 0.266. The summed E-state index contributed by atoms with van der Waals surface area (Å²) >= 11 is 0. The molecule has 1 aromatic rings. The number of nitrogens with two attached hydrogens (primary N) is 1. The van der Waals surface area contributed by atoms with Crippen LogP contribution in [-0.2, 0) is 32.0 Å². The van der Waals surface area contributed by atoms with E-state index in [1.807, 2.05) is 23.6 Å². The fourth-order valence-corrected chi connectivity index (χ4v) is 4.02. The van der Waals surface area contributed by atoms with Gasteiger partial charge in [-0.15, -0.1) is 0 Å². The Kier molecular flexibility index (Phi) is 6.71. The lowest BCUT2D eigenvalue weighted by atomic mass is 10.0. The molecule has 0 radical (unpaired) electrons. The van der Waals surface area contributed by atoms with Crippen LogP contribution in [0.3, 0.4) is 0 Å². The van der Waals surface area contributed by atoms with Gasteiger partial charge in [0, 0.05) is 19.6 Å². The summed E-state index contributed by atoms with van der Waals surface area (Å²) in [6.07, 6.45) is 1.74. The van der Waals surface area contributed by atoms with Crippen molar-refractivity contribution in [1.29, 1.82) is 0 Å². The molecule has 0 fully saturated rings. The molecule has 0 spiro atoms. The third-order valence-electron chi connectivity index (χ3n) is 5.24. The molecule has 1 aromatic carbocycles. The topological polar surface area (TPSA) is 183 Å². The number of carbonyl (C=O) groups excluding carboxylic acids is 4. The molecule has 3 atom stereocenters. The van der Waals surface area contributed by atoms with Crippen molar-refractivity contribution < 1.29 is 29.1 Å². The molecular weight excluding hydrogens is 420 g/mol. The van der Waals surface area contributed by atoms with E-state index in [1.54, 1.807) is 0 Å². The van der Waals surface area contributed by atoms with Crippen LogP contribution in [0.15, 0.2) is 23.3 Å². The van der Waals surface area contributed by atoms with Crippen molar-refractivity contribution >= 4 is 41.6 Å². The van der Waals surface area contributed by atoms with Gasteiger partial charge in [0.15, 0.2) is 0 Å². The Balaban J connectivity index is 1.87. The normalized spacial score (nSPS) is 20.3. The highest BCUT2D eigenvalue weighted by Crippen LogP contribution is 2.39. The van der Waals surface area contributed by atoms with E-state index in [1.165, 1.54) is 11.8 Å². The van der Waals surface area contributed by atoms with Crippen molar-refractivity contribution in [3.63, 3.8) is 0 Å². The monoisotopic (exact) mass is 444 g/mol. The number of carbonyl (C=O) groups is 5. The van der Waals surface area contributed by atoms with Gasteiger partial charge in [-0.05, 0) is 24.0 Å². The molecule has 0 aromatic heterocycles. The van der Waals surface area contributed by atoms with Crippen LogP contribution in [0.2, 0.25) is 0 Å². The van der Waals surface area contributed by atoms with Crippen molar-refractivity contribution in [2.75, 3.05) is 4.90 Å². The van der Waals surface area contributed by atoms with Gasteiger partial charge in [-0.2, -0.15) is 5.10 Å². The smallest absolute Gasteiger partial charge is 0.332 e. The summed E-state index contributed by atoms with van der Waals surface area (Å²) in [4.78, 5) is 61.4. The highest BCUT2D eigenvalue weighted by atomic mass is 16.4. The lowest BCUT2D eigenvalue weighted by molar-refractivity contribution is -0.137. The average Bonchev–Trinajstić information content (AvgIpc) is 3.03. The summed E-state index contributed by atoms with van der Waals surface area (Å²) in [5.41, 5.74) is 9.23. The van der Waals surface area contributed by atoms with Crippen LogP contribution in [0.4, 0.5) is 10.5 Å². The van der Waals surface area contributed by atoms with Crippen molar-refractivity contribution in [2.45, 2.75) is 50.7 Å². The predicted octanol–water partition coefficient (Wildman–Crippen LogP) is -0.991. The molecule has 0 bridgehead atoms. The Bertz CT molecular complexity index is 993. The molecular formula is C20H24N6O6. The number of aryl methyl sites for hydroxylation is 1. The number of carboxylic acid groups (broad SMARTS) is 1. The summed E-state index contributed by atoms with van der Waals surface area (Å²) in [5, 5.41) is 17.9. The van der Waals surface area contributed by atoms with E-state index >= 15 is 0 Å². The standard InChI is InChI=1S/C20H24N6O6/c1-10(27)23-14-6-5-11-3-2-4-12-7-15(26(17(11)12)19(14)31)18(30)24-13(8-16(28)29)9-22-25-20(21)32/h2-4,9,13-15H,5-8H2,1H3,(H,23,27)(H,24,30)(H,28,29)(H3,21,25,32)/b22-9+/t13-,14-,15-/m0/s1. The van der Waals surface area contributed by atoms with E-state index in [2.05, 4.69) is 15.7 Å². The number of carboxylic acids is 1. The van der Waals surface area contributed by atoms with E-state index < -0.39 is 48.4 Å². The van der Waals surface area contributed by atoms with Crippen LogP contribution < -0.4 is 26.7 Å². The number of amides is 5. The minimum atomic E-state index is -1.20. The van der Waals surface area contributed by atoms with Crippen LogP contribution >= 0.6 is 0 Å². The predicted molar refractivity (Wildman–Crippen MR) is 113 cm³/mol. The van der Waals surface area contributed by atoms with Crippen molar-refractivity contribution in [1.82, 2.24) is 16.1 Å². The van der Waals surface area contributed by atoms with E-state index in [0.29, 0.717) is 18.5 Å². The Morgan fingerprint density at radius 2 is 2.03 bits per heavy atom. The zero-order valence-electron chi connectivity index (χ0n) is 17.3. The van der Waals surface area contributed by atoms with Crippen molar-refractivity contribution in [2.24, 2.45) is 10.8 Å². The molecule has 3 rings (SSSR count). The summed E-state index contributed by atoms with van der Waals surface area (Å²) < 4.78 is 0. The molecule has 0 saturated carbocycles. The number of urea groups is 1. The molecule has 2 heterocycles. The van der Waals surface area contributed by atoms with Gasteiger partial charge in [-0.3, -0.25) is 24.1 Å². The van der Waals surface area contributed by atoms with Gasteiger partial charge >= 0.3 is 12.0 Å². The third kappa shape index (κ3) is 5.02. The molecule has 32 heavy (non-hydrogen) atoms. The van der Waals surface area contributed by atoms with Crippen LogP contribution in [-0.4, -0.2) is 59.2 Å².